The number of fused-ring (bicyclic) bond motifs is 3. The highest BCUT2D eigenvalue weighted by atomic mass is 79.9. The Bertz CT molecular complexity index is 1460. The van der Waals surface area contributed by atoms with E-state index in [4.69, 9.17) is 5.73 Å². The molecule has 10 nitrogen and oxygen atoms in total. The number of likely N-dealkylation sites (N-methyl/N-ethyl adjacent to an activating group) is 1. The Kier molecular flexibility index (Phi) is 5.78. The number of hydrogen-bond donors (Lipinski definition) is 5. The fourth-order valence-electron chi connectivity index (χ4n) is 6.04. The first kappa shape index (κ1) is 25.1. The fourth-order valence-corrected chi connectivity index (χ4v) is 6.38. The van der Waals surface area contributed by atoms with Crippen molar-refractivity contribution < 1.29 is 34.8 Å². The Morgan fingerprint density at radius 3 is 2.51 bits per heavy atom. The Morgan fingerprint density at radius 1 is 1.19 bits per heavy atom. The van der Waals surface area contributed by atoms with Crippen molar-refractivity contribution in [1.82, 2.24) is 9.88 Å². The summed E-state index contributed by atoms with van der Waals surface area (Å²) in [7, 11) is 3.17. The third-order valence-electron chi connectivity index (χ3n) is 7.60. The number of allylic oxidation sites excluding steroid dienone is 1. The van der Waals surface area contributed by atoms with Gasteiger partial charge in [0, 0.05) is 27.7 Å². The van der Waals surface area contributed by atoms with E-state index in [1.165, 1.54) is 11.0 Å². The van der Waals surface area contributed by atoms with Gasteiger partial charge < -0.3 is 26.2 Å². The molecule has 1 aromatic heterocycles. The molecule has 1 heterocycles. The maximum Gasteiger partial charge on any atom is 0.255 e. The highest BCUT2D eigenvalue weighted by Crippen LogP contribution is 2.53. The average molecular weight is 570 g/mol. The number of nitrogens with two attached hydrogens (primary N) is 1. The van der Waals surface area contributed by atoms with E-state index < -0.39 is 58.0 Å². The topological polar surface area (TPSA) is 174 Å². The number of pyridine rings is 1. The van der Waals surface area contributed by atoms with Crippen LogP contribution in [-0.4, -0.2) is 73.5 Å². The van der Waals surface area contributed by atoms with Crippen LogP contribution in [-0.2, 0) is 16.0 Å². The number of hydrogen-bond acceptors (Lipinski definition) is 9. The van der Waals surface area contributed by atoms with Crippen LogP contribution in [0, 0.1) is 11.8 Å². The number of ketones is 2. The first-order valence-electron chi connectivity index (χ1n) is 11.5. The monoisotopic (exact) mass is 569 g/mol. The molecule has 6 N–H and O–H groups in total. The number of carbonyl (C=O) groups is 3. The molecule has 192 valence electrons. The van der Waals surface area contributed by atoms with Crippen LogP contribution in [0.3, 0.4) is 0 Å². The summed E-state index contributed by atoms with van der Waals surface area (Å²) in [5.74, 6) is -6.81. The van der Waals surface area contributed by atoms with E-state index in [1.54, 1.807) is 38.5 Å². The Hall–Kier alpha value is -3.54. The highest BCUT2D eigenvalue weighted by molar-refractivity contribution is 9.10. The maximum atomic E-state index is 13.8. The summed E-state index contributed by atoms with van der Waals surface area (Å²) in [6.07, 6.45) is 1.81. The second-order valence-corrected chi connectivity index (χ2v) is 10.7. The fraction of sp³-hybridized carbons (Fsp3) is 0.308. The number of carbonyl (C=O) groups excluding carboxylic acids is 3. The standard InChI is InChI=1S/C26H24BrN3O7/c1-30(2)20-14-8-10-7-13-12(15-9-11(27)5-6-29-15)3-4-16(31)18(13)21(32)17(10)23(34)26(14,37)24(35)19(22(20)33)25(28)36/h3-6,9-10,14,20,31,33-34,37H,7-8H2,1-2H3,(H2,28,36)/t10-,14-,20-,26-/m0/s1. The van der Waals surface area contributed by atoms with Gasteiger partial charge in [-0.1, -0.05) is 15.9 Å². The molecule has 0 saturated carbocycles. The number of primary amides is 1. The minimum Gasteiger partial charge on any atom is -0.510 e. The normalized spacial score (nSPS) is 27.2. The van der Waals surface area contributed by atoms with E-state index in [1.807, 2.05) is 0 Å². The number of aromatic nitrogens is 1. The Morgan fingerprint density at radius 2 is 1.89 bits per heavy atom. The molecule has 0 fully saturated rings. The van der Waals surface area contributed by atoms with Gasteiger partial charge in [0.15, 0.2) is 11.4 Å². The van der Waals surface area contributed by atoms with Crippen molar-refractivity contribution in [2.24, 2.45) is 17.6 Å². The van der Waals surface area contributed by atoms with Crippen LogP contribution >= 0.6 is 15.9 Å². The number of halogens is 1. The van der Waals surface area contributed by atoms with Crippen LogP contribution in [0.4, 0.5) is 0 Å². The van der Waals surface area contributed by atoms with Crippen LogP contribution in [0.25, 0.3) is 11.3 Å². The SMILES string of the molecule is CN(C)[C@@H]1C(O)=C(C(N)=O)C(=O)[C@@]2(O)C(O)=C3C(=O)c4c(O)ccc(-c5cc(Br)ccn5)c4C[C@H]3C[C@@H]12. The lowest BCUT2D eigenvalue weighted by atomic mass is 9.58. The molecule has 37 heavy (non-hydrogen) atoms. The summed E-state index contributed by atoms with van der Waals surface area (Å²) in [6, 6.07) is 5.50. The lowest BCUT2D eigenvalue weighted by Crippen LogP contribution is -2.63. The number of aliphatic hydroxyl groups is 3. The van der Waals surface area contributed by atoms with Crippen molar-refractivity contribution in [3.63, 3.8) is 0 Å². The third kappa shape index (κ3) is 3.45. The number of rotatable bonds is 3. The zero-order valence-corrected chi connectivity index (χ0v) is 21.5. The number of phenolic OH excluding ortho intramolecular Hbond substituents is 1. The third-order valence-corrected chi connectivity index (χ3v) is 8.10. The summed E-state index contributed by atoms with van der Waals surface area (Å²) in [6.45, 7) is 0. The molecule has 0 unspecified atom stereocenters. The summed E-state index contributed by atoms with van der Waals surface area (Å²) >= 11 is 3.41. The van der Waals surface area contributed by atoms with Crippen molar-refractivity contribution in [3.8, 4) is 17.0 Å². The highest BCUT2D eigenvalue weighted by Gasteiger charge is 2.63. The molecule has 3 aliphatic carbocycles. The van der Waals surface area contributed by atoms with Crippen molar-refractivity contribution in [2.45, 2.75) is 24.5 Å². The van der Waals surface area contributed by atoms with Crippen LogP contribution in [0.5, 0.6) is 5.75 Å². The molecule has 0 spiro atoms. The lowest BCUT2D eigenvalue weighted by molar-refractivity contribution is -0.148. The molecular formula is C26H24BrN3O7. The number of amides is 1. The summed E-state index contributed by atoms with van der Waals surface area (Å²) in [4.78, 5) is 45.0. The minimum atomic E-state index is -2.66. The van der Waals surface area contributed by atoms with E-state index in [-0.39, 0.29) is 29.7 Å². The second-order valence-electron chi connectivity index (χ2n) is 9.81. The largest absolute Gasteiger partial charge is 0.510 e. The zero-order valence-electron chi connectivity index (χ0n) is 19.9. The molecule has 4 atom stereocenters. The predicted octanol–water partition coefficient (Wildman–Crippen LogP) is 1.95. The molecule has 1 amide bonds. The first-order chi connectivity index (χ1) is 17.4. The van der Waals surface area contributed by atoms with Gasteiger partial charge in [-0.05, 0) is 62.7 Å². The number of benzene rings is 1. The lowest BCUT2D eigenvalue weighted by Gasteiger charge is -2.50. The van der Waals surface area contributed by atoms with Crippen molar-refractivity contribution >= 4 is 33.4 Å². The predicted molar refractivity (Wildman–Crippen MR) is 135 cm³/mol. The van der Waals surface area contributed by atoms with Crippen LogP contribution in [0.1, 0.15) is 22.3 Å². The van der Waals surface area contributed by atoms with Gasteiger partial charge in [-0.2, -0.15) is 0 Å². The molecule has 3 aliphatic rings. The van der Waals surface area contributed by atoms with E-state index in [2.05, 4.69) is 20.9 Å². The Balaban J connectivity index is 1.73. The van der Waals surface area contributed by atoms with Gasteiger partial charge in [0.25, 0.3) is 5.91 Å². The molecule has 1 aromatic carbocycles. The number of aliphatic hydroxyl groups excluding tert-OH is 2. The zero-order chi connectivity index (χ0) is 27.0. The summed E-state index contributed by atoms with van der Waals surface area (Å²) in [5, 5.41) is 44.5. The molecule has 11 heteroatoms. The summed E-state index contributed by atoms with van der Waals surface area (Å²) in [5.41, 5.74) is 3.29. The van der Waals surface area contributed by atoms with Gasteiger partial charge in [-0.15, -0.1) is 0 Å². The molecule has 0 bridgehead atoms. The molecule has 0 saturated heterocycles. The van der Waals surface area contributed by atoms with Crippen LogP contribution in [0.15, 0.2) is 57.6 Å². The number of aromatic hydroxyl groups is 1. The summed E-state index contributed by atoms with van der Waals surface area (Å²) < 4.78 is 0.768. The number of Topliss-reactive ketones (excluding diaryl/α,β-unsaturated/α-hetero) is 2. The number of nitrogens with zero attached hydrogens (tertiary/aromatic N) is 2. The van der Waals surface area contributed by atoms with Gasteiger partial charge in [-0.3, -0.25) is 24.3 Å². The number of phenols is 1. The van der Waals surface area contributed by atoms with E-state index in [0.29, 0.717) is 16.8 Å². The molecule has 0 aliphatic heterocycles. The van der Waals surface area contributed by atoms with Crippen molar-refractivity contribution in [1.29, 1.82) is 0 Å². The quantitative estimate of drug-likeness (QED) is 0.346. The van der Waals surface area contributed by atoms with Gasteiger partial charge in [0.2, 0.25) is 5.78 Å². The molecule has 0 radical (unpaired) electrons. The molecule has 2 aromatic rings. The van der Waals surface area contributed by atoms with Crippen LogP contribution < -0.4 is 5.73 Å². The van der Waals surface area contributed by atoms with Gasteiger partial charge in [0.1, 0.15) is 22.8 Å². The van der Waals surface area contributed by atoms with E-state index in [9.17, 15) is 34.8 Å². The van der Waals surface area contributed by atoms with Gasteiger partial charge in [0.05, 0.1) is 17.3 Å². The van der Waals surface area contributed by atoms with E-state index >= 15 is 0 Å². The minimum absolute atomic E-state index is 0.0206. The maximum absolute atomic E-state index is 13.8. The van der Waals surface area contributed by atoms with E-state index in [0.717, 1.165) is 4.47 Å². The molecule has 5 rings (SSSR count). The average Bonchev–Trinajstić information content (AvgIpc) is 2.81. The smallest absolute Gasteiger partial charge is 0.255 e. The van der Waals surface area contributed by atoms with Crippen LogP contribution in [0.2, 0.25) is 0 Å². The second kappa shape index (κ2) is 8.51. The van der Waals surface area contributed by atoms with Gasteiger partial charge in [-0.25, -0.2) is 0 Å². The van der Waals surface area contributed by atoms with Crippen molar-refractivity contribution in [3.05, 3.63) is 68.7 Å². The Labute approximate surface area is 219 Å². The van der Waals surface area contributed by atoms with Gasteiger partial charge >= 0.3 is 0 Å². The molecular weight excluding hydrogens is 546 g/mol. The van der Waals surface area contributed by atoms with Crippen molar-refractivity contribution in [2.75, 3.05) is 14.1 Å². The first-order valence-corrected chi connectivity index (χ1v) is 12.3.